The third-order valence-electron chi connectivity index (χ3n) is 6.52. The number of anilines is 1. The molecular formula is C26H25FN2O2S. The van der Waals surface area contributed by atoms with E-state index in [9.17, 15) is 12.8 Å². The number of fused-ring (bicyclic) bond motifs is 3. The molecule has 5 rings (SSSR count). The van der Waals surface area contributed by atoms with Crippen molar-refractivity contribution < 1.29 is 12.8 Å². The summed E-state index contributed by atoms with van der Waals surface area (Å²) in [6.07, 6.45) is 5.22. The minimum absolute atomic E-state index is 0.0475. The van der Waals surface area contributed by atoms with Gasteiger partial charge in [0.25, 0.3) is 0 Å². The van der Waals surface area contributed by atoms with Gasteiger partial charge in [0.1, 0.15) is 5.82 Å². The number of hydrogen-bond donors (Lipinski definition) is 1. The zero-order valence-electron chi connectivity index (χ0n) is 17.8. The predicted molar refractivity (Wildman–Crippen MR) is 124 cm³/mol. The van der Waals surface area contributed by atoms with Crippen molar-refractivity contribution in [3.63, 3.8) is 0 Å². The molecule has 2 aliphatic rings. The Balaban J connectivity index is 1.46. The van der Waals surface area contributed by atoms with Crippen molar-refractivity contribution in [1.82, 2.24) is 4.31 Å². The van der Waals surface area contributed by atoms with Crippen LogP contribution in [0.2, 0.25) is 0 Å². The summed E-state index contributed by atoms with van der Waals surface area (Å²) in [6, 6.07) is 21.6. The molecule has 0 saturated carbocycles. The summed E-state index contributed by atoms with van der Waals surface area (Å²) < 4.78 is 41.4. The minimum Gasteiger partial charge on any atom is -0.378 e. The quantitative estimate of drug-likeness (QED) is 0.527. The molecule has 32 heavy (non-hydrogen) atoms. The third-order valence-corrected chi connectivity index (χ3v) is 8.32. The lowest BCUT2D eigenvalue weighted by atomic mass is 9.77. The fraction of sp³-hybridized carbons (Fsp3) is 0.231. The van der Waals surface area contributed by atoms with E-state index < -0.39 is 10.0 Å². The lowest BCUT2D eigenvalue weighted by Crippen LogP contribution is -2.30. The molecule has 0 amide bonds. The highest BCUT2D eigenvalue weighted by molar-refractivity contribution is 7.89. The highest BCUT2D eigenvalue weighted by Crippen LogP contribution is 2.50. The number of nitrogens with zero attached hydrogens (tertiary/aromatic N) is 1. The summed E-state index contributed by atoms with van der Waals surface area (Å²) in [5.74, 6) is 0.129. The van der Waals surface area contributed by atoms with E-state index in [1.54, 1.807) is 13.1 Å². The van der Waals surface area contributed by atoms with E-state index in [0.717, 1.165) is 28.8 Å². The van der Waals surface area contributed by atoms with Gasteiger partial charge in [-0.1, -0.05) is 54.6 Å². The minimum atomic E-state index is -3.63. The van der Waals surface area contributed by atoms with Crippen LogP contribution in [0.15, 0.2) is 89.8 Å². The molecule has 3 unspecified atom stereocenters. The molecule has 0 spiro atoms. The van der Waals surface area contributed by atoms with E-state index in [1.165, 1.54) is 16.4 Å². The molecule has 6 heteroatoms. The molecule has 0 saturated heterocycles. The zero-order chi connectivity index (χ0) is 22.3. The van der Waals surface area contributed by atoms with Gasteiger partial charge in [-0.2, -0.15) is 4.31 Å². The van der Waals surface area contributed by atoms with Crippen LogP contribution in [0.1, 0.15) is 35.1 Å². The van der Waals surface area contributed by atoms with Crippen molar-refractivity contribution in [2.75, 3.05) is 12.4 Å². The predicted octanol–water partition coefficient (Wildman–Crippen LogP) is 5.47. The molecule has 1 heterocycles. The average Bonchev–Trinajstić information content (AvgIpc) is 3.30. The van der Waals surface area contributed by atoms with Crippen LogP contribution in [-0.2, 0) is 16.6 Å². The van der Waals surface area contributed by atoms with Crippen LogP contribution in [0.3, 0.4) is 0 Å². The SMILES string of the molecule is CN(Cc1ccccc1)S(=O)(=O)c1ccc2c(c1)C1C=CCC1C(c1ccc(F)cc1)N2. The summed E-state index contributed by atoms with van der Waals surface area (Å²) in [4.78, 5) is 0.302. The monoisotopic (exact) mass is 448 g/mol. The molecule has 0 bridgehead atoms. The zero-order valence-corrected chi connectivity index (χ0v) is 18.6. The van der Waals surface area contributed by atoms with Crippen molar-refractivity contribution in [2.45, 2.75) is 29.8 Å². The first kappa shape index (κ1) is 20.9. The molecule has 3 aromatic carbocycles. The maximum absolute atomic E-state index is 13.4. The Morgan fingerprint density at radius 1 is 1.03 bits per heavy atom. The van der Waals surface area contributed by atoms with E-state index in [1.807, 2.05) is 54.6 Å². The smallest absolute Gasteiger partial charge is 0.243 e. The molecule has 0 fully saturated rings. The lowest BCUT2D eigenvalue weighted by Gasteiger charge is -2.37. The molecule has 1 aliphatic heterocycles. The Morgan fingerprint density at radius 2 is 1.78 bits per heavy atom. The van der Waals surface area contributed by atoms with Crippen molar-refractivity contribution in [1.29, 1.82) is 0 Å². The van der Waals surface area contributed by atoms with Gasteiger partial charge < -0.3 is 5.32 Å². The maximum atomic E-state index is 13.4. The standard InChI is InChI=1S/C26H25FN2O2S/c1-29(17-18-6-3-2-4-7-18)32(30,31)21-14-15-25-24(16-21)22-8-5-9-23(22)26(28-25)19-10-12-20(27)13-11-19/h2-8,10-16,22-23,26,28H,9,17H2,1H3. The highest BCUT2D eigenvalue weighted by atomic mass is 32.2. The Bertz CT molecular complexity index is 1260. The van der Waals surface area contributed by atoms with Crippen LogP contribution < -0.4 is 5.32 Å². The van der Waals surface area contributed by atoms with Crippen LogP contribution in [0.5, 0.6) is 0 Å². The van der Waals surface area contributed by atoms with E-state index in [-0.39, 0.29) is 23.7 Å². The van der Waals surface area contributed by atoms with Crippen LogP contribution in [0.25, 0.3) is 0 Å². The molecule has 3 aromatic rings. The first-order valence-corrected chi connectivity index (χ1v) is 12.2. The number of benzene rings is 3. The highest BCUT2D eigenvalue weighted by Gasteiger charge is 2.38. The Labute approximate surface area is 188 Å². The van der Waals surface area contributed by atoms with Gasteiger partial charge in [0.05, 0.1) is 10.9 Å². The lowest BCUT2D eigenvalue weighted by molar-refractivity contribution is 0.424. The van der Waals surface area contributed by atoms with Crippen molar-refractivity contribution in [3.8, 4) is 0 Å². The van der Waals surface area contributed by atoms with E-state index >= 15 is 0 Å². The second kappa shape index (κ2) is 8.19. The number of rotatable bonds is 5. The second-order valence-corrected chi connectivity index (χ2v) is 10.6. The third kappa shape index (κ3) is 3.74. The molecule has 0 aromatic heterocycles. The first-order chi connectivity index (χ1) is 15.4. The maximum Gasteiger partial charge on any atom is 0.243 e. The molecule has 1 aliphatic carbocycles. The number of halogens is 1. The molecule has 164 valence electrons. The number of nitrogens with one attached hydrogen (secondary N) is 1. The largest absolute Gasteiger partial charge is 0.378 e. The van der Waals surface area contributed by atoms with Gasteiger partial charge in [0.15, 0.2) is 0 Å². The number of allylic oxidation sites excluding steroid dienone is 2. The summed E-state index contributed by atoms with van der Waals surface area (Å²) in [7, 11) is -2.02. The van der Waals surface area contributed by atoms with E-state index in [0.29, 0.717) is 11.4 Å². The van der Waals surface area contributed by atoms with Gasteiger partial charge >= 0.3 is 0 Å². The molecule has 0 radical (unpaired) electrons. The van der Waals surface area contributed by atoms with E-state index in [4.69, 9.17) is 0 Å². The molecule has 4 nitrogen and oxygen atoms in total. The summed E-state index contributed by atoms with van der Waals surface area (Å²) in [6.45, 7) is 0.317. The Hall–Kier alpha value is -2.96. The van der Waals surface area contributed by atoms with Crippen molar-refractivity contribution in [2.24, 2.45) is 5.92 Å². The van der Waals surface area contributed by atoms with Gasteiger partial charge in [-0.25, -0.2) is 12.8 Å². The fourth-order valence-corrected chi connectivity index (χ4v) is 6.03. The molecule has 3 atom stereocenters. The van der Waals surface area contributed by atoms with Gasteiger partial charge in [-0.15, -0.1) is 0 Å². The van der Waals surface area contributed by atoms with Gasteiger partial charge in [-0.3, -0.25) is 0 Å². The first-order valence-electron chi connectivity index (χ1n) is 10.8. The number of sulfonamides is 1. The molecule has 1 N–H and O–H groups in total. The molecular weight excluding hydrogens is 423 g/mol. The normalized spacial score (nSPS) is 21.8. The number of hydrogen-bond acceptors (Lipinski definition) is 3. The second-order valence-electron chi connectivity index (χ2n) is 8.52. The van der Waals surface area contributed by atoms with Gasteiger partial charge in [0, 0.05) is 25.2 Å². The summed E-state index contributed by atoms with van der Waals surface area (Å²) in [5.41, 5.74) is 3.90. The fourth-order valence-electron chi connectivity index (χ4n) is 4.84. The topological polar surface area (TPSA) is 49.4 Å². The summed E-state index contributed by atoms with van der Waals surface area (Å²) >= 11 is 0. The van der Waals surface area contributed by atoms with Gasteiger partial charge in [-0.05, 0) is 59.4 Å². The van der Waals surface area contributed by atoms with E-state index in [2.05, 4.69) is 17.5 Å². The van der Waals surface area contributed by atoms with Crippen molar-refractivity contribution >= 4 is 15.7 Å². The van der Waals surface area contributed by atoms with Crippen molar-refractivity contribution in [3.05, 3.63) is 107 Å². The summed E-state index contributed by atoms with van der Waals surface area (Å²) in [5, 5.41) is 3.58. The van der Waals surface area contributed by atoms with Crippen LogP contribution in [0.4, 0.5) is 10.1 Å². The van der Waals surface area contributed by atoms with Gasteiger partial charge in [0.2, 0.25) is 10.0 Å². The Kier molecular flexibility index (Phi) is 5.35. The van der Waals surface area contributed by atoms with Crippen LogP contribution >= 0.6 is 0 Å². The van der Waals surface area contributed by atoms with Crippen LogP contribution in [-0.4, -0.2) is 19.8 Å². The average molecular weight is 449 g/mol. The van der Waals surface area contributed by atoms with Crippen LogP contribution in [0, 0.1) is 11.7 Å². The Morgan fingerprint density at radius 3 is 2.53 bits per heavy atom.